The number of nitrogens with one attached hydrogen (secondary N) is 5. The number of carboxylic acid groups (broad SMARTS) is 1. The molecule has 0 aliphatic rings. The molecule has 0 bridgehead atoms. The largest absolute Gasteiger partial charge is 0.504 e. The summed E-state index contributed by atoms with van der Waals surface area (Å²) in [5, 5.41) is 52.5. The third-order valence-corrected chi connectivity index (χ3v) is 8.16. The first kappa shape index (κ1) is 39.9. The van der Waals surface area contributed by atoms with Crippen LogP contribution in [0.15, 0.2) is 95.8 Å². The van der Waals surface area contributed by atoms with E-state index in [0.717, 1.165) is 13.2 Å². The normalized spacial score (nSPS) is 10.9. The van der Waals surface area contributed by atoms with E-state index in [4.69, 9.17) is 13.9 Å². The molecule has 290 valence electrons. The number of benzene rings is 4. The Kier molecular flexibility index (Phi) is 12.4. The zero-order valence-electron chi connectivity index (χ0n) is 29.9. The highest BCUT2D eigenvalue weighted by Gasteiger charge is 2.25. The zero-order chi connectivity index (χ0) is 41.2. The van der Waals surface area contributed by atoms with Gasteiger partial charge in [-0.25, -0.2) is 4.79 Å². The van der Waals surface area contributed by atoms with Gasteiger partial charge in [0, 0.05) is 22.5 Å². The third-order valence-electron chi connectivity index (χ3n) is 8.16. The van der Waals surface area contributed by atoms with Gasteiger partial charge in [-0.15, -0.1) is 0 Å². The average molecular weight is 777 g/mol. The summed E-state index contributed by atoms with van der Waals surface area (Å²) in [7, 11) is 2.35. The number of carboxylic acids is 1. The van der Waals surface area contributed by atoms with Crippen LogP contribution in [0, 0.1) is 11.3 Å². The molecule has 5 amide bonds. The Morgan fingerprint density at radius 2 is 1.16 bits per heavy atom. The van der Waals surface area contributed by atoms with Gasteiger partial charge in [-0.3, -0.25) is 24.0 Å². The molecule has 5 aromatic rings. The van der Waals surface area contributed by atoms with Crippen molar-refractivity contribution in [2.45, 2.75) is 12.5 Å². The van der Waals surface area contributed by atoms with Crippen molar-refractivity contribution < 1.29 is 58.0 Å². The summed E-state index contributed by atoms with van der Waals surface area (Å²) in [4.78, 5) is 75.8. The summed E-state index contributed by atoms with van der Waals surface area (Å²) >= 11 is 0. The van der Waals surface area contributed by atoms with Crippen LogP contribution in [0.4, 0.5) is 22.7 Å². The van der Waals surface area contributed by atoms with Crippen LogP contribution in [0.2, 0.25) is 0 Å². The molecule has 4 aromatic carbocycles. The minimum atomic E-state index is -1.42. The van der Waals surface area contributed by atoms with Crippen LogP contribution in [0.3, 0.4) is 0 Å². The van der Waals surface area contributed by atoms with Gasteiger partial charge in [0.15, 0.2) is 23.0 Å². The number of hydrogen-bond donors (Lipinski definition) is 8. The Morgan fingerprint density at radius 3 is 1.68 bits per heavy atom. The number of rotatable bonds is 14. The molecule has 1 heterocycles. The molecule has 18 heteroatoms. The number of phenols is 2. The average Bonchev–Trinajstić information content (AvgIpc) is 3.74. The zero-order valence-corrected chi connectivity index (χ0v) is 29.9. The monoisotopic (exact) mass is 776 g/mol. The molecule has 0 aliphatic heterocycles. The first-order valence-corrected chi connectivity index (χ1v) is 16.5. The van der Waals surface area contributed by atoms with Gasteiger partial charge in [0.25, 0.3) is 23.6 Å². The maximum absolute atomic E-state index is 13.1. The first-order valence-electron chi connectivity index (χ1n) is 16.5. The SMILES string of the molecule is COc1c(NC(=O)c2ccc(NC(=O)c3ccc(NC(=O)C(CC#N)NC(=O)c4ccc(NC(=O)c5ccoc5)cc4)cc3)c(OC)c2O)ccc(C(=O)O)c1O. The van der Waals surface area contributed by atoms with Gasteiger partial charge >= 0.3 is 5.97 Å². The standard InChI is InChI=1S/C39H32N6O12/c1-55-32-27(13-11-25(30(32)46)37(51)44-28-14-12-26(39(53)54)31(47)33(28)56-2)43-34(48)20-5-9-24(10-6-20)42-38(52)29(15-17-40)45-35(49)21-3-7-23(8-4-21)41-36(50)22-16-18-57-19-22/h3-14,16,18-19,29,46-47H,15H2,1-2H3,(H,41,50)(H,42,52)(H,43,48)(H,44,51)(H,45,49)(H,53,54). The fourth-order valence-electron chi connectivity index (χ4n) is 5.27. The molecule has 1 unspecified atom stereocenters. The van der Waals surface area contributed by atoms with Crippen LogP contribution in [0.1, 0.15) is 58.2 Å². The van der Waals surface area contributed by atoms with E-state index in [-0.39, 0.29) is 51.7 Å². The van der Waals surface area contributed by atoms with Crippen molar-refractivity contribution in [3.63, 3.8) is 0 Å². The van der Waals surface area contributed by atoms with Crippen LogP contribution >= 0.6 is 0 Å². The number of carbonyl (C=O) groups excluding carboxylic acids is 5. The Labute approximate surface area is 322 Å². The molecule has 0 spiro atoms. The molecule has 8 N–H and O–H groups in total. The Morgan fingerprint density at radius 1 is 0.649 bits per heavy atom. The fraction of sp³-hybridized carbons (Fsp3) is 0.103. The third kappa shape index (κ3) is 9.25. The molecule has 18 nitrogen and oxygen atoms in total. The number of carbonyl (C=O) groups is 6. The number of methoxy groups -OCH3 is 2. The van der Waals surface area contributed by atoms with Gasteiger partial charge in [-0.05, 0) is 78.9 Å². The molecule has 5 rings (SSSR count). The van der Waals surface area contributed by atoms with Gasteiger partial charge < -0.3 is 55.8 Å². The maximum Gasteiger partial charge on any atom is 0.339 e. The van der Waals surface area contributed by atoms with Crippen molar-refractivity contribution in [3.8, 4) is 29.1 Å². The van der Waals surface area contributed by atoms with Crippen molar-refractivity contribution in [1.29, 1.82) is 5.26 Å². The molecule has 0 saturated carbocycles. The number of ether oxygens (including phenoxy) is 2. The second kappa shape index (κ2) is 17.7. The first-order chi connectivity index (χ1) is 27.3. The molecule has 1 aromatic heterocycles. The quantitative estimate of drug-likeness (QED) is 0.0752. The van der Waals surface area contributed by atoms with E-state index in [2.05, 4.69) is 26.6 Å². The predicted molar refractivity (Wildman–Crippen MR) is 202 cm³/mol. The number of hydrogen-bond acceptors (Lipinski definition) is 12. The molecular formula is C39H32N6O12. The van der Waals surface area contributed by atoms with Gasteiger partial charge in [0.2, 0.25) is 5.91 Å². The van der Waals surface area contributed by atoms with E-state index in [1.807, 2.05) is 6.07 Å². The van der Waals surface area contributed by atoms with E-state index in [0.29, 0.717) is 11.3 Å². The topological polar surface area (TPSA) is 279 Å². The van der Waals surface area contributed by atoms with E-state index < -0.39 is 58.6 Å². The Balaban J connectivity index is 1.20. The van der Waals surface area contributed by atoms with Crippen LogP contribution in [0.25, 0.3) is 0 Å². The Bertz CT molecular complexity index is 2390. The van der Waals surface area contributed by atoms with Gasteiger partial charge in [-0.2, -0.15) is 5.26 Å². The number of anilines is 4. The van der Waals surface area contributed by atoms with Crippen LogP contribution < -0.4 is 36.1 Å². The van der Waals surface area contributed by atoms with Gasteiger partial charge in [0.1, 0.15) is 17.9 Å². The van der Waals surface area contributed by atoms with Crippen molar-refractivity contribution in [3.05, 3.63) is 119 Å². The summed E-state index contributed by atoms with van der Waals surface area (Å²) in [6.45, 7) is 0. The Hall–Kier alpha value is -8.33. The summed E-state index contributed by atoms with van der Waals surface area (Å²) < 4.78 is 15.2. The fourth-order valence-corrected chi connectivity index (χ4v) is 5.27. The van der Waals surface area contributed by atoms with Crippen LogP contribution in [-0.2, 0) is 4.79 Å². The van der Waals surface area contributed by atoms with E-state index in [1.54, 1.807) is 0 Å². The number of nitriles is 1. The van der Waals surface area contributed by atoms with Gasteiger partial charge in [0.05, 0.1) is 55.5 Å². The minimum absolute atomic E-state index is 0.0151. The molecule has 57 heavy (non-hydrogen) atoms. The predicted octanol–water partition coefficient (Wildman–Crippen LogP) is 4.81. The van der Waals surface area contributed by atoms with Gasteiger partial charge in [-0.1, -0.05) is 0 Å². The molecular weight excluding hydrogens is 744 g/mol. The minimum Gasteiger partial charge on any atom is -0.504 e. The summed E-state index contributed by atoms with van der Waals surface area (Å²) in [6, 6.07) is 18.3. The molecule has 0 radical (unpaired) electrons. The van der Waals surface area contributed by atoms with Crippen LogP contribution in [-0.4, -0.2) is 71.1 Å². The second-order valence-corrected chi connectivity index (χ2v) is 11.8. The summed E-state index contributed by atoms with van der Waals surface area (Å²) in [5.74, 6) is -6.70. The van der Waals surface area contributed by atoms with Crippen molar-refractivity contribution in [2.24, 2.45) is 0 Å². The lowest BCUT2D eigenvalue weighted by atomic mass is 10.1. The number of nitrogens with zero attached hydrogens (tertiary/aromatic N) is 1. The molecule has 0 aliphatic carbocycles. The van der Waals surface area contributed by atoms with E-state index in [1.165, 1.54) is 92.4 Å². The second-order valence-electron chi connectivity index (χ2n) is 11.8. The van der Waals surface area contributed by atoms with Crippen molar-refractivity contribution >= 4 is 58.3 Å². The van der Waals surface area contributed by atoms with Crippen molar-refractivity contribution in [1.82, 2.24) is 5.32 Å². The number of furan rings is 1. The maximum atomic E-state index is 13.1. The number of aromatic hydroxyl groups is 2. The lowest BCUT2D eigenvalue weighted by molar-refractivity contribution is -0.117. The number of phenolic OH excluding ortho intramolecular Hbond substituents is 1. The molecule has 1 atom stereocenters. The lowest BCUT2D eigenvalue weighted by Gasteiger charge is -2.17. The molecule has 0 saturated heterocycles. The lowest BCUT2D eigenvalue weighted by Crippen LogP contribution is -2.43. The molecule has 0 fully saturated rings. The number of aromatic carboxylic acids is 1. The highest BCUT2D eigenvalue weighted by Crippen LogP contribution is 2.40. The number of amides is 5. The van der Waals surface area contributed by atoms with E-state index >= 15 is 0 Å². The smallest absolute Gasteiger partial charge is 0.339 e. The summed E-state index contributed by atoms with van der Waals surface area (Å²) in [5.41, 5.74) is 0.358. The van der Waals surface area contributed by atoms with Crippen molar-refractivity contribution in [2.75, 3.05) is 35.5 Å². The highest BCUT2D eigenvalue weighted by atomic mass is 16.5. The highest BCUT2D eigenvalue weighted by molar-refractivity contribution is 6.10. The van der Waals surface area contributed by atoms with Crippen LogP contribution in [0.5, 0.6) is 23.0 Å². The summed E-state index contributed by atoms with van der Waals surface area (Å²) in [6.07, 6.45) is 2.28. The van der Waals surface area contributed by atoms with E-state index in [9.17, 15) is 49.3 Å².